The monoisotopic (exact) mass is 483 g/mol. The fourth-order valence-electron chi connectivity index (χ4n) is 3.59. The van der Waals surface area contributed by atoms with E-state index in [0.717, 1.165) is 52.2 Å². The summed E-state index contributed by atoms with van der Waals surface area (Å²) in [5.74, 6) is -0.103. The van der Waals surface area contributed by atoms with Gasteiger partial charge in [-0.25, -0.2) is 4.98 Å². The van der Waals surface area contributed by atoms with Crippen molar-refractivity contribution in [2.24, 2.45) is 0 Å². The summed E-state index contributed by atoms with van der Waals surface area (Å²) in [6.07, 6.45) is 2.29. The predicted octanol–water partition coefficient (Wildman–Crippen LogP) is 5.30. The number of likely N-dealkylation sites (tertiary alicyclic amines) is 1. The molecule has 0 bridgehead atoms. The molecule has 2 aromatic carbocycles. The van der Waals surface area contributed by atoms with Crippen LogP contribution in [0.5, 0.6) is 0 Å². The number of anilines is 1. The Bertz CT molecular complexity index is 1090. The molecule has 0 spiro atoms. The van der Waals surface area contributed by atoms with Gasteiger partial charge in [0.2, 0.25) is 5.91 Å². The zero-order chi connectivity index (χ0) is 21.1. The van der Waals surface area contributed by atoms with Crippen molar-refractivity contribution in [3.05, 3.63) is 69.1 Å². The fraction of sp³-hybridized carbons (Fsp3) is 0.261. The van der Waals surface area contributed by atoms with Crippen LogP contribution in [-0.4, -0.2) is 34.8 Å². The Labute approximate surface area is 188 Å². The number of nitrogens with zero attached hydrogens (tertiary/aromatic N) is 2. The molecule has 1 aliphatic rings. The first kappa shape index (κ1) is 20.8. The van der Waals surface area contributed by atoms with Crippen molar-refractivity contribution in [3.63, 3.8) is 0 Å². The summed E-state index contributed by atoms with van der Waals surface area (Å²) in [5, 5.41) is 5.75. The van der Waals surface area contributed by atoms with E-state index in [-0.39, 0.29) is 18.2 Å². The standard InChI is InChI=1S/C23H22BrN3O2S/c1-15-19(23(29)27-10-2-3-11-27)8-5-9-20(15)26-21(28)13-18-14-30-22(25-18)16-6-4-7-17(24)12-16/h4-9,12,14H,2-3,10-11,13H2,1H3,(H,26,28). The summed E-state index contributed by atoms with van der Waals surface area (Å²) in [6, 6.07) is 13.4. The van der Waals surface area contributed by atoms with Crippen LogP contribution in [0.1, 0.15) is 34.5 Å². The van der Waals surface area contributed by atoms with Gasteiger partial charge in [0.05, 0.1) is 12.1 Å². The van der Waals surface area contributed by atoms with Gasteiger partial charge in [-0.15, -0.1) is 11.3 Å². The number of thiazole rings is 1. The SMILES string of the molecule is Cc1c(NC(=O)Cc2csc(-c3cccc(Br)c3)n2)cccc1C(=O)N1CCCC1. The number of benzene rings is 2. The van der Waals surface area contributed by atoms with Gasteiger partial charge in [-0.1, -0.05) is 34.1 Å². The van der Waals surface area contributed by atoms with Crippen LogP contribution in [-0.2, 0) is 11.2 Å². The molecule has 7 heteroatoms. The molecule has 1 aromatic heterocycles. The lowest BCUT2D eigenvalue weighted by atomic mass is 10.1. The van der Waals surface area contributed by atoms with Crippen molar-refractivity contribution < 1.29 is 9.59 Å². The summed E-state index contributed by atoms with van der Waals surface area (Å²) in [7, 11) is 0. The summed E-state index contributed by atoms with van der Waals surface area (Å²) < 4.78 is 0.994. The maximum atomic E-state index is 12.8. The molecule has 1 N–H and O–H groups in total. The lowest BCUT2D eigenvalue weighted by Gasteiger charge is -2.18. The fourth-order valence-corrected chi connectivity index (χ4v) is 4.81. The van der Waals surface area contributed by atoms with E-state index in [9.17, 15) is 9.59 Å². The molecule has 3 aromatic rings. The zero-order valence-corrected chi connectivity index (χ0v) is 19.1. The van der Waals surface area contributed by atoms with Crippen molar-refractivity contribution >= 4 is 44.8 Å². The van der Waals surface area contributed by atoms with E-state index in [1.807, 2.05) is 59.7 Å². The maximum absolute atomic E-state index is 12.8. The number of carbonyl (C=O) groups excluding carboxylic acids is 2. The molecule has 4 rings (SSSR count). The van der Waals surface area contributed by atoms with E-state index >= 15 is 0 Å². The smallest absolute Gasteiger partial charge is 0.254 e. The number of amides is 2. The molecule has 2 amide bonds. The molecule has 30 heavy (non-hydrogen) atoms. The molecule has 1 saturated heterocycles. The lowest BCUT2D eigenvalue weighted by molar-refractivity contribution is -0.115. The molecule has 0 aliphatic carbocycles. The zero-order valence-electron chi connectivity index (χ0n) is 16.7. The van der Waals surface area contributed by atoms with Gasteiger partial charge in [-0.2, -0.15) is 0 Å². The number of rotatable bonds is 5. The molecular formula is C23H22BrN3O2S. The van der Waals surface area contributed by atoms with Gasteiger partial charge in [0.25, 0.3) is 5.91 Å². The highest BCUT2D eigenvalue weighted by Crippen LogP contribution is 2.27. The molecular weight excluding hydrogens is 462 g/mol. The van der Waals surface area contributed by atoms with Gasteiger partial charge in [0, 0.05) is 39.8 Å². The first-order valence-electron chi connectivity index (χ1n) is 9.90. The minimum atomic E-state index is -0.144. The van der Waals surface area contributed by atoms with Gasteiger partial charge in [0.15, 0.2) is 0 Å². The third-order valence-corrected chi connectivity index (χ3v) is 6.63. The van der Waals surface area contributed by atoms with Gasteiger partial charge in [-0.05, 0) is 49.6 Å². The van der Waals surface area contributed by atoms with Crippen LogP contribution in [0.4, 0.5) is 5.69 Å². The second-order valence-electron chi connectivity index (χ2n) is 7.36. The van der Waals surface area contributed by atoms with Crippen molar-refractivity contribution in [2.75, 3.05) is 18.4 Å². The summed E-state index contributed by atoms with van der Waals surface area (Å²) in [4.78, 5) is 31.9. The summed E-state index contributed by atoms with van der Waals surface area (Å²) >= 11 is 4.99. The molecule has 154 valence electrons. The number of halogens is 1. The van der Waals surface area contributed by atoms with E-state index in [1.165, 1.54) is 11.3 Å². The number of aromatic nitrogens is 1. The van der Waals surface area contributed by atoms with Gasteiger partial charge in [-0.3, -0.25) is 9.59 Å². The Morgan fingerprint density at radius 3 is 2.70 bits per heavy atom. The van der Waals surface area contributed by atoms with Crippen molar-refractivity contribution in [2.45, 2.75) is 26.2 Å². The average Bonchev–Trinajstić information content (AvgIpc) is 3.41. The molecule has 0 atom stereocenters. The normalized spacial score (nSPS) is 13.5. The Morgan fingerprint density at radius 1 is 1.17 bits per heavy atom. The molecule has 1 fully saturated rings. The quantitative estimate of drug-likeness (QED) is 0.535. The second-order valence-corrected chi connectivity index (χ2v) is 9.13. The van der Waals surface area contributed by atoms with E-state index in [4.69, 9.17) is 0 Å². The number of hydrogen-bond acceptors (Lipinski definition) is 4. The van der Waals surface area contributed by atoms with Crippen LogP contribution in [0.25, 0.3) is 10.6 Å². The highest BCUT2D eigenvalue weighted by atomic mass is 79.9. The number of nitrogens with one attached hydrogen (secondary N) is 1. The van der Waals surface area contributed by atoms with Crippen molar-refractivity contribution in [3.8, 4) is 10.6 Å². The summed E-state index contributed by atoms with van der Waals surface area (Å²) in [5.41, 5.74) is 3.88. The van der Waals surface area contributed by atoms with Gasteiger partial charge in [0.1, 0.15) is 5.01 Å². The third kappa shape index (κ3) is 4.63. The Morgan fingerprint density at radius 2 is 1.93 bits per heavy atom. The topological polar surface area (TPSA) is 62.3 Å². The molecule has 1 aliphatic heterocycles. The first-order valence-corrected chi connectivity index (χ1v) is 11.6. The molecule has 0 saturated carbocycles. The van der Waals surface area contributed by atoms with Crippen molar-refractivity contribution in [1.29, 1.82) is 0 Å². The van der Waals surface area contributed by atoms with Gasteiger partial charge >= 0.3 is 0 Å². The Kier molecular flexibility index (Phi) is 6.29. The third-order valence-electron chi connectivity index (χ3n) is 5.20. The molecule has 5 nitrogen and oxygen atoms in total. The largest absolute Gasteiger partial charge is 0.339 e. The van der Waals surface area contributed by atoms with E-state index in [1.54, 1.807) is 0 Å². The number of hydrogen-bond donors (Lipinski definition) is 1. The van der Waals surface area contributed by atoms with E-state index < -0.39 is 0 Å². The van der Waals surface area contributed by atoms with Crippen LogP contribution >= 0.6 is 27.3 Å². The minimum absolute atomic E-state index is 0.0410. The first-order chi connectivity index (χ1) is 14.5. The highest BCUT2D eigenvalue weighted by molar-refractivity contribution is 9.10. The van der Waals surface area contributed by atoms with Crippen LogP contribution < -0.4 is 5.32 Å². The van der Waals surface area contributed by atoms with Gasteiger partial charge < -0.3 is 10.2 Å². The molecule has 0 unspecified atom stereocenters. The lowest BCUT2D eigenvalue weighted by Crippen LogP contribution is -2.28. The average molecular weight is 484 g/mol. The summed E-state index contributed by atoms with van der Waals surface area (Å²) in [6.45, 7) is 3.49. The van der Waals surface area contributed by atoms with Crippen LogP contribution in [0.2, 0.25) is 0 Å². The second kappa shape index (κ2) is 9.10. The molecule has 0 radical (unpaired) electrons. The van der Waals surface area contributed by atoms with Crippen LogP contribution in [0.15, 0.2) is 52.3 Å². The van der Waals surface area contributed by atoms with E-state index in [2.05, 4.69) is 26.2 Å². The molecule has 2 heterocycles. The minimum Gasteiger partial charge on any atom is -0.339 e. The van der Waals surface area contributed by atoms with E-state index in [0.29, 0.717) is 11.3 Å². The number of carbonyl (C=O) groups is 2. The van der Waals surface area contributed by atoms with Crippen LogP contribution in [0, 0.1) is 6.92 Å². The van der Waals surface area contributed by atoms with Crippen molar-refractivity contribution in [1.82, 2.24) is 9.88 Å². The predicted molar refractivity (Wildman–Crippen MR) is 124 cm³/mol. The Hall–Kier alpha value is -2.51. The maximum Gasteiger partial charge on any atom is 0.254 e. The van der Waals surface area contributed by atoms with Crippen LogP contribution in [0.3, 0.4) is 0 Å². The highest BCUT2D eigenvalue weighted by Gasteiger charge is 2.22. The Balaban J connectivity index is 1.44.